The summed E-state index contributed by atoms with van der Waals surface area (Å²) in [7, 11) is 0. The highest BCUT2D eigenvalue weighted by molar-refractivity contribution is 6.19. The van der Waals surface area contributed by atoms with Crippen molar-refractivity contribution < 1.29 is 0 Å². The number of nitrogens with zero attached hydrogens (tertiary/aromatic N) is 2. The molecule has 0 radical (unpaired) electrons. The van der Waals surface area contributed by atoms with Gasteiger partial charge in [0, 0.05) is 32.9 Å². The molecule has 0 bridgehead atoms. The third kappa shape index (κ3) is 4.57. The van der Waals surface area contributed by atoms with Crippen LogP contribution in [0.4, 0.5) is 0 Å². The van der Waals surface area contributed by atoms with E-state index < -0.39 is 0 Å². The van der Waals surface area contributed by atoms with E-state index in [4.69, 9.17) is 0 Å². The van der Waals surface area contributed by atoms with E-state index >= 15 is 0 Å². The molecule has 2 heterocycles. The lowest BCUT2D eigenvalue weighted by atomic mass is 10.00. The Hall–Kier alpha value is -6.64. The van der Waals surface area contributed by atoms with Crippen molar-refractivity contribution >= 4 is 43.6 Å². The van der Waals surface area contributed by atoms with Crippen LogP contribution in [0.15, 0.2) is 194 Å². The molecule has 0 N–H and O–H groups in total. The number of para-hydroxylation sites is 2. The van der Waals surface area contributed by atoms with E-state index in [0.717, 1.165) is 11.4 Å². The van der Waals surface area contributed by atoms with Gasteiger partial charge in [-0.15, -0.1) is 0 Å². The molecular formula is C48H32N2. The van der Waals surface area contributed by atoms with Crippen LogP contribution < -0.4 is 0 Å². The molecular weight excluding hydrogens is 605 g/mol. The fourth-order valence-corrected chi connectivity index (χ4v) is 7.73. The van der Waals surface area contributed by atoms with Crippen molar-refractivity contribution in [1.82, 2.24) is 9.13 Å². The van der Waals surface area contributed by atoms with Gasteiger partial charge >= 0.3 is 0 Å². The Morgan fingerprint density at radius 1 is 0.220 bits per heavy atom. The molecule has 0 atom stereocenters. The highest BCUT2D eigenvalue weighted by Crippen LogP contribution is 2.41. The van der Waals surface area contributed by atoms with Gasteiger partial charge in [-0.25, -0.2) is 0 Å². The smallest absolute Gasteiger partial charge is 0.0562 e. The molecule has 10 aromatic rings. The third-order valence-electron chi connectivity index (χ3n) is 10.1. The number of hydrogen-bond donors (Lipinski definition) is 0. The number of fused-ring (bicyclic) bond motifs is 6. The summed E-state index contributed by atoms with van der Waals surface area (Å²) in [4.78, 5) is 0. The van der Waals surface area contributed by atoms with Gasteiger partial charge in [0.25, 0.3) is 0 Å². The summed E-state index contributed by atoms with van der Waals surface area (Å²) in [6.07, 6.45) is 0. The average Bonchev–Trinajstić information content (AvgIpc) is 3.69. The molecule has 2 nitrogen and oxygen atoms in total. The molecule has 8 aromatic carbocycles. The maximum absolute atomic E-state index is 2.46. The van der Waals surface area contributed by atoms with Crippen LogP contribution in [-0.2, 0) is 0 Å². The van der Waals surface area contributed by atoms with Gasteiger partial charge in [-0.05, 0) is 81.9 Å². The topological polar surface area (TPSA) is 9.86 Å². The number of aromatic nitrogens is 2. The van der Waals surface area contributed by atoms with Crippen LogP contribution in [-0.4, -0.2) is 9.13 Å². The average molecular weight is 637 g/mol. The van der Waals surface area contributed by atoms with Crippen LogP contribution in [0, 0.1) is 0 Å². The third-order valence-corrected chi connectivity index (χ3v) is 10.1. The summed E-state index contributed by atoms with van der Waals surface area (Å²) in [5.74, 6) is 0. The van der Waals surface area contributed by atoms with Crippen molar-refractivity contribution in [3.8, 4) is 44.8 Å². The van der Waals surface area contributed by atoms with Crippen molar-refractivity contribution in [2.24, 2.45) is 0 Å². The molecule has 50 heavy (non-hydrogen) atoms. The Balaban J connectivity index is 1.23. The van der Waals surface area contributed by atoms with Crippen LogP contribution in [0.1, 0.15) is 0 Å². The van der Waals surface area contributed by atoms with E-state index in [1.807, 2.05) is 0 Å². The standard InChI is InChI=1S/C48H32N2/c1-4-13-33(14-5-1)35-23-25-36(26-24-35)37-17-12-20-40(29-37)50-46-30-38(34-15-6-2-7-16-34)27-28-42(46)44-31-43-41-21-10-11-22-45(41)49(47(43)32-48(44)50)39-18-8-3-9-19-39/h1-32H. The van der Waals surface area contributed by atoms with Crippen LogP contribution in [0.2, 0.25) is 0 Å². The van der Waals surface area contributed by atoms with Gasteiger partial charge in [0.15, 0.2) is 0 Å². The lowest BCUT2D eigenvalue weighted by Crippen LogP contribution is -1.96. The van der Waals surface area contributed by atoms with Gasteiger partial charge in [0.1, 0.15) is 0 Å². The zero-order valence-electron chi connectivity index (χ0n) is 27.4. The molecule has 10 rings (SSSR count). The van der Waals surface area contributed by atoms with Gasteiger partial charge in [-0.1, -0.05) is 146 Å². The van der Waals surface area contributed by atoms with Gasteiger partial charge in [0.2, 0.25) is 0 Å². The molecule has 0 spiro atoms. The van der Waals surface area contributed by atoms with Crippen molar-refractivity contribution in [1.29, 1.82) is 0 Å². The van der Waals surface area contributed by atoms with Gasteiger partial charge in [0.05, 0.1) is 22.1 Å². The molecule has 0 unspecified atom stereocenters. The van der Waals surface area contributed by atoms with Crippen LogP contribution in [0.3, 0.4) is 0 Å². The summed E-state index contributed by atoms with van der Waals surface area (Å²) in [6.45, 7) is 0. The monoisotopic (exact) mass is 636 g/mol. The first kappa shape index (κ1) is 28.4. The first-order valence-electron chi connectivity index (χ1n) is 17.2. The molecule has 0 aliphatic rings. The van der Waals surface area contributed by atoms with Crippen molar-refractivity contribution in [3.05, 3.63) is 194 Å². The van der Waals surface area contributed by atoms with E-state index in [9.17, 15) is 0 Å². The molecule has 0 amide bonds. The molecule has 0 aliphatic carbocycles. The van der Waals surface area contributed by atoms with Gasteiger partial charge in [-0.3, -0.25) is 0 Å². The minimum Gasteiger partial charge on any atom is -0.309 e. The molecule has 2 heteroatoms. The molecule has 0 saturated heterocycles. The van der Waals surface area contributed by atoms with Crippen molar-refractivity contribution in [3.63, 3.8) is 0 Å². The minimum absolute atomic E-state index is 1.14. The zero-order chi connectivity index (χ0) is 33.0. The largest absolute Gasteiger partial charge is 0.309 e. The maximum Gasteiger partial charge on any atom is 0.0562 e. The summed E-state index contributed by atoms with van der Waals surface area (Å²) < 4.78 is 4.87. The Kier molecular flexibility index (Phi) is 6.53. The molecule has 0 fully saturated rings. The summed E-state index contributed by atoms with van der Waals surface area (Å²) >= 11 is 0. The van der Waals surface area contributed by atoms with Gasteiger partial charge in [-0.2, -0.15) is 0 Å². The summed E-state index contributed by atoms with van der Waals surface area (Å²) in [5.41, 5.74) is 14.4. The van der Waals surface area contributed by atoms with E-state index in [1.54, 1.807) is 0 Å². The van der Waals surface area contributed by atoms with Crippen molar-refractivity contribution in [2.45, 2.75) is 0 Å². The quantitative estimate of drug-likeness (QED) is 0.178. The molecule has 2 aromatic heterocycles. The van der Waals surface area contributed by atoms with E-state index in [2.05, 4.69) is 203 Å². The first-order valence-corrected chi connectivity index (χ1v) is 17.2. The van der Waals surface area contributed by atoms with Gasteiger partial charge < -0.3 is 9.13 Å². The first-order chi connectivity index (χ1) is 24.8. The van der Waals surface area contributed by atoms with E-state index in [1.165, 1.54) is 77.0 Å². The summed E-state index contributed by atoms with van der Waals surface area (Å²) in [5, 5.41) is 5.02. The van der Waals surface area contributed by atoms with Crippen LogP contribution >= 0.6 is 0 Å². The Labute approximate surface area is 290 Å². The van der Waals surface area contributed by atoms with E-state index in [0.29, 0.717) is 0 Å². The van der Waals surface area contributed by atoms with Crippen LogP contribution in [0.5, 0.6) is 0 Å². The zero-order valence-corrected chi connectivity index (χ0v) is 27.4. The Bertz CT molecular complexity index is 2820. The number of benzene rings is 8. The van der Waals surface area contributed by atoms with Crippen LogP contribution in [0.25, 0.3) is 88.4 Å². The highest BCUT2D eigenvalue weighted by Gasteiger charge is 2.19. The Morgan fingerprint density at radius 3 is 1.36 bits per heavy atom. The minimum atomic E-state index is 1.14. The summed E-state index contributed by atoms with van der Waals surface area (Å²) in [6, 6.07) is 70.4. The second-order valence-electron chi connectivity index (χ2n) is 13.0. The number of rotatable bonds is 5. The second-order valence-corrected chi connectivity index (χ2v) is 13.0. The normalized spacial score (nSPS) is 11.6. The van der Waals surface area contributed by atoms with E-state index in [-0.39, 0.29) is 0 Å². The molecule has 234 valence electrons. The molecule has 0 aliphatic heterocycles. The predicted octanol–water partition coefficient (Wildman–Crippen LogP) is 12.9. The van der Waals surface area contributed by atoms with Crippen molar-refractivity contribution in [2.75, 3.05) is 0 Å². The SMILES string of the molecule is c1ccc(-c2ccc(-c3cccc(-n4c5cc(-c6ccccc6)ccc5c5cc6c7ccccc7n(-c7ccccc7)c6cc54)c3)cc2)cc1. The lowest BCUT2D eigenvalue weighted by molar-refractivity contribution is 1.16. The fraction of sp³-hybridized carbons (Fsp3) is 0. The maximum atomic E-state index is 2.46. The highest BCUT2D eigenvalue weighted by atomic mass is 15.0. The Morgan fingerprint density at radius 2 is 0.660 bits per heavy atom. The number of hydrogen-bond acceptors (Lipinski definition) is 0. The molecule has 0 saturated carbocycles. The fourth-order valence-electron chi connectivity index (χ4n) is 7.73. The second kappa shape index (κ2) is 11.5. The lowest BCUT2D eigenvalue weighted by Gasteiger charge is -2.12. The predicted molar refractivity (Wildman–Crippen MR) is 211 cm³/mol.